The molecule has 6 rings (SSSR count). The van der Waals surface area contributed by atoms with E-state index in [4.69, 9.17) is 9.97 Å². The van der Waals surface area contributed by atoms with Crippen LogP contribution in [0.2, 0.25) is 0 Å². The van der Waals surface area contributed by atoms with Gasteiger partial charge in [0.05, 0.1) is 17.4 Å². The summed E-state index contributed by atoms with van der Waals surface area (Å²) >= 11 is 0. The summed E-state index contributed by atoms with van der Waals surface area (Å²) in [6.45, 7) is 0.779. The van der Waals surface area contributed by atoms with Crippen LogP contribution in [0.3, 0.4) is 0 Å². The number of nitrogens with zero attached hydrogens (tertiary/aromatic N) is 3. The lowest BCUT2D eigenvalue weighted by molar-refractivity contribution is 0.665. The van der Waals surface area contributed by atoms with Gasteiger partial charge in [-0.2, -0.15) is 10.1 Å². The highest BCUT2D eigenvalue weighted by atomic mass is 15.1. The number of aromatic nitrogens is 5. The molecule has 5 aromatic rings. The zero-order valence-corrected chi connectivity index (χ0v) is 17.8. The van der Waals surface area contributed by atoms with Crippen LogP contribution in [0.1, 0.15) is 29.7 Å². The molecule has 0 unspecified atom stereocenters. The van der Waals surface area contributed by atoms with E-state index in [0.29, 0.717) is 5.95 Å². The van der Waals surface area contributed by atoms with E-state index in [-0.39, 0.29) is 0 Å². The molecule has 3 heterocycles. The summed E-state index contributed by atoms with van der Waals surface area (Å²) in [6.07, 6.45) is 9.22. The molecule has 0 spiro atoms. The molecule has 0 bridgehead atoms. The highest BCUT2D eigenvalue weighted by Crippen LogP contribution is 2.30. The maximum absolute atomic E-state index is 4.87. The van der Waals surface area contributed by atoms with Crippen LogP contribution in [0.15, 0.2) is 54.9 Å². The Hall–Kier alpha value is -3.87. The highest BCUT2D eigenvalue weighted by Gasteiger charge is 2.18. The molecular formula is C25H25N7. The molecule has 0 fully saturated rings. The van der Waals surface area contributed by atoms with Gasteiger partial charge in [0, 0.05) is 40.3 Å². The fraction of sp³-hybridized carbons (Fsp3) is 0.240. The smallest absolute Gasteiger partial charge is 0.224 e. The van der Waals surface area contributed by atoms with Crippen LogP contribution in [0, 0.1) is 0 Å². The van der Waals surface area contributed by atoms with Crippen molar-refractivity contribution in [3.63, 3.8) is 0 Å². The summed E-state index contributed by atoms with van der Waals surface area (Å²) in [5.74, 6) is 1.60. The van der Waals surface area contributed by atoms with Gasteiger partial charge < -0.3 is 15.6 Å². The van der Waals surface area contributed by atoms with E-state index in [2.05, 4.69) is 68.4 Å². The third-order valence-corrected chi connectivity index (χ3v) is 6.24. The van der Waals surface area contributed by atoms with Crippen molar-refractivity contribution in [3.8, 4) is 0 Å². The first-order valence-electron chi connectivity index (χ1n) is 11.2. The van der Waals surface area contributed by atoms with Crippen LogP contribution in [-0.4, -0.2) is 31.7 Å². The zero-order valence-electron chi connectivity index (χ0n) is 17.8. The minimum Gasteiger partial charge on any atom is -0.361 e. The van der Waals surface area contributed by atoms with Crippen molar-refractivity contribution in [2.45, 2.75) is 32.1 Å². The van der Waals surface area contributed by atoms with Crippen molar-refractivity contribution in [1.29, 1.82) is 0 Å². The number of fused-ring (bicyclic) bond motifs is 3. The number of hydrogen-bond acceptors (Lipinski definition) is 5. The number of hydrogen-bond donors (Lipinski definition) is 4. The quantitative estimate of drug-likeness (QED) is 0.304. The molecule has 7 heteroatoms. The first kappa shape index (κ1) is 18.9. The lowest BCUT2D eigenvalue weighted by Gasteiger charge is -2.20. The molecule has 3 aromatic heterocycles. The Morgan fingerprint density at radius 1 is 0.969 bits per heavy atom. The Bertz CT molecular complexity index is 1400. The van der Waals surface area contributed by atoms with Crippen LogP contribution in [0.4, 0.5) is 17.5 Å². The predicted octanol–water partition coefficient (Wildman–Crippen LogP) is 5.11. The lowest BCUT2D eigenvalue weighted by atomic mass is 9.96. The molecule has 0 saturated heterocycles. The van der Waals surface area contributed by atoms with Gasteiger partial charge in [-0.25, -0.2) is 4.98 Å². The Labute approximate surface area is 185 Å². The minimum atomic E-state index is 0.692. The molecule has 2 aromatic carbocycles. The SMILES string of the molecule is c1ccc2c(CCNc3nc4c(c(Nc5ccc6[nH]ncc6c5)n3)CCCC4)c[nH]c2c1. The molecule has 0 saturated carbocycles. The van der Waals surface area contributed by atoms with Gasteiger partial charge in [0.2, 0.25) is 5.95 Å². The van der Waals surface area contributed by atoms with E-state index in [0.717, 1.165) is 53.9 Å². The monoisotopic (exact) mass is 423 g/mol. The maximum Gasteiger partial charge on any atom is 0.224 e. The second-order valence-corrected chi connectivity index (χ2v) is 8.36. The average Bonchev–Trinajstić information content (AvgIpc) is 3.46. The standard InChI is InChI=1S/C25H25N7/c1-3-7-22-19(5-1)16(14-27-22)11-12-26-25-30-23-8-4-2-6-20(23)24(31-25)29-18-9-10-21-17(13-18)15-28-32-21/h1,3,5,7,9-10,13-15,27H,2,4,6,8,11-12H2,(H,28,32)(H2,26,29,30,31). The molecule has 1 aliphatic carbocycles. The fourth-order valence-electron chi connectivity index (χ4n) is 4.58. The van der Waals surface area contributed by atoms with E-state index in [1.165, 1.54) is 34.9 Å². The summed E-state index contributed by atoms with van der Waals surface area (Å²) in [7, 11) is 0. The number of aromatic amines is 2. The van der Waals surface area contributed by atoms with Crippen molar-refractivity contribution in [3.05, 3.63) is 71.7 Å². The van der Waals surface area contributed by atoms with Gasteiger partial charge in [0.1, 0.15) is 5.82 Å². The van der Waals surface area contributed by atoms with Gasteiger partial charge in [-0.1, -0.05) is 18.2 Å². The second kappa shape index (κ2) is 8.00. The Balaban J connectivity index is 1.24. The number of anilines is 3. The number of aryl methyl sites for hydroxylation is 1. The largest absolute Gasteiger partial charge is 0.361 e. The van der Waals surface area contributed by atoms with E-state index in [1.54, 1.807) is 0 Å². The van der Waals surface area contributed by atoms with Crippen LogP contribution in [0.5, 0.6) is 0 Å². The van der Waals surface area contributed by atoms with Crippen LogP contribution in [-0.2, 0) is 19.3 Å². The Morgan fingerprint density at radius 3 is 2.91 bits per heavy atom. The first-order valence-corrected chi connectivity index (χ1v) is 11.2. The van der Waals surface area contributed by atoms with Gasteiger partial charge in [-0.15, -0.1) is 0 Å². The molecule has 0 atom stereocenters. The third-order valence-electron chi connectivity index (χ3n) is 6.24. The van der Waals surface area contributed by atoms with E-state index >= 15 is 0 Å². The summed E-state index contributed by atoms with van der Waals surface area (Å²) in [6, 6.07) is 14.6. The number of H-pyrrole nitrogens is 2. The van der Waals surface area contributed by atoms with Crippen molar-refractivity contribution < 1.29 is 0 Å². The molecule has 0 aliphatic heterocycles. The number of benzene rings is 2. The summed E-state index contributed by atoms with van der Waals surface area (Å²) in [5, 5.41) is 16.5. The lowest BCUT2D eigenvalue weighted by Crippen LogP contribution is -2.15. The highest BCUT2D eigenvalue weighted by molar-refractivity contribution is 5.83. The van der Waals surface area contributed by atoms with Crippen LogP contribution >= 0.6 is 0 Å². The summed E-state index contributed by atoms with van der Waals surface area (Å²) < 4.78 is 0. The molecular weight excluding hydrogens is 398 g/mol. The Kier molecular flexibility index (Phi) is 4.71. The van der Waals surface area contributed by atoms with Crippen molar-refractivity contribution in [1.82, 2.24) is 25.1 Å². The normalized spacial score (nSPS) is 13.4. The number of para-hydroxylation sites is 1. The van der Waals surface area contributed by atoms with Crippen molar-refractivity contribution in [2.24, 2.45) is 0 Å². The van der Waals surface area contributed by atoms with E-state index in [1.807, 2.05) is 12.3 Å². The van der Waals surface area contributed by atoms with Crippen LogP contribution in [0.25, 0.3) is 21.8 Å². The topological polar surface area (TPSA) is 94.3 Å². The molecule has 7 nitrogen and oxygen atoms in total. The molecule has 1 aliphatic rings. The van der Waals surface area contributed by atoms with Crippen LogP contribution < -0.4 is 10.6 Å². The second-order valence-electron chi connectivity index (χ2n) is 8.36. The Morgan fingerprint density at radius 2 is 1.91 bits per heavy atom. The van der Waals surface area contributed by atoms with Gasteiger partial charge in [-0.3, -0.25) is 5.10 Å². The average molecular weight is 424 g/mol. The van der Waals surface area contributed by atoms with Gasteiger partial charge in [0.25, 0.3) is 0 Å². The molecule has 32 heavy (non-hydrogen) atoms. The predicted molar refractivity (Wildman–Crippen MR) is 129 cm³/mol. The summed E-state index contributed by atoms with van der Waals surface area (Å²) in [4.78, 5) is 13.1. The molecule has 160 valence electrons. The molecule has 0 amide bonds. The van der Waals surface area contributed by atoms with Gasteiger partial charge in [-0.05, 0) is 61.9 Å². The zero-order chi connectivity index (χ0) is 21.3. The van der Waals surface area contributed by atoms with Gasteiger partial charge in [0.15, 0.2) is 0 Å². The van der Waals surface area contributed by atoms with Crippen molar-refractivity contribution in [2.75, 3.05) is 17.2 Å². The fourth-order valence-corrected chi connectivity index (χ4v) is 4.58. The first-order chi connectivity index (χ1) is 15.8. The minimum absolute atomic E-state index is 0.692. The number of rotatable bonds is 6. The maximum atomic E-state index is 4.87. The third kappa shape index (κ3) is 3.56. The molecule has 4 N–H and O–H groups in total. The van der Waals surface area contributed by atoms with Gasteiger partial charge >= 0.3 is 0 Å². The van der Waals surface area contributed by atoms with E-state index < -0.39 is 0 Å². The summed E-state index contributed by atoms with van der Waals surface area (Å²) in [5.41, 5.74) is 6.92. The van der Waals surface area contributed by atoms with Crippen molar-refractivity contribution >= 4 is 39.3 Å². The number of nitrogens with one attached hydrogen (secondary N) is 4. The van der Waals surface area contributed by atoms with E-state index in [9.17, 15) is 0 Å². The molecule has 0 radical (unpaired) electrons.